The summed E-state index contributed by atoms with van der Waals surface area (Å²) in [5, 5.41) is 14.5. The van der Waals surface area contributed by atoms with Crippen LogP contribution in [0.5, 0.6) is 0 Å². The molecule has 0 atom stereocenters. The van der Waals surface area contributed by atoms with E-state index in [9.17, 15) is 0 Å². The highest BCUT2D eigenvalue weighted by Crippen LogP contribution is 1.62. The van der Waals surface area contributed by atoms with Crippen molar-refractivity contribution in [1.29, 1.82) is 10.5 Å². The van der Waals surface area contributed by atoms with E-state index in [2.05, 4.69) is 9.97 Å². The molecule has 0 saturated carbocycles. The first kappa shape index (κ1) is 14.6. The van der Waals surface area contributed by atoms with Crippen LogP contribution in [0.4, 0.5) is 0 Å². The molecule has 0 aliphatic carbocycles. The predicted molar refractivity (Wildman–Crippen MR) is 44.0 cm³/mol. The minimum absolute atomic E-state index is 1.24. The maximum absolute atomic E-state index is 8.74. The number of H-pyrrole nitrogens is 1. The smallest absolute Gasteiger partial charge is 0.351 e. The van der Waals surface area contributed by atoms with Crippen LogP contribution in [0.3, 0.4) is 0 Å². The summed E-state index contributed by atoms with van der Waals surface area (Å²) < 4.78 is 31.6. The fourth-order valence-corrected chi connectivity index (χ4v) is 0.215. The second-order valence-corrected chi connectivity index (χ2v) is 2.33. The van der Waals surface area contributed by atoms with Gasteiger partial charge in [-0.1, -0.05) is 0 Å². The summed E-state index contributed by atoms with van der Waals surface area (Å²) in [5.41, 5.74) is 0. The van der Waals surface area contributed by atoms with E-state index < -0.39 is 10.4 Å². The summed E-state index contributed by atoms with van der Waals surface area (Å²) in [6, 6.07) is 2.47. The van der Waals surface area contributed by atoms with E-state index in [-0.39, 0.29) is 0 Å². The van der Waals surface area contributed by atoms with Crippen molar-refractivity contribution in [3.63, 3.8) is 0 Å². The Morgan fingerprint density at radius 3 is 1.79 bits per heavy atom. The third-order valence-electron chi connectivity index (χ3n) is 0.456. The number of hydrogen-bond donors (Lipinski definition) is 3. The molecule has 0 saturated heterocycles. The minimum atomic E-state index is -4.67. The molecule has 0 spiro atoms. The quantitative estimate of drug-likeness (QED) is 0.509. The topological polar surface area (TPSA) is 151 Å². The summed E-state index contributed by atoms with van der Waals surface area (Å²) in [5.74, 6) is 0. The van der Waals surface area contributed by atoms with E-state index in [1.165, 1.54) is 12.1 Å². The third-order valence-corrected chi connectivity index (χ3v) is 0.456. The fraction of sp³-hybridized carbons (Fsp3) is 0. The first-order chi connectivity index (χ1) is 6.41. The Balaban J connectivity index is 0. The molecule has 0 aromatic carbocycles. The highest BCUT2D eigenvalue weighted by atomic mass is 32.3. The van der Waals surface area contributed by atoms with Gasteiger partial charge in [0.05, 0.1) is 6.33 Å². The zero-order chi connectivity index (χ0) is 11.4. The molecule has 9 heteroatoms. The van der Waals surface area contributed by atoms with Gasteiger partial charge < -0.3 is 4.98 Å². The Morgan fingerprint density at radius 2 is 1.71 bits per heavy atom. The van der Waals surface area contributed by atoms with E-state index >= 15 is 0 Å². The molecule has 8 nitrogen and oxygen atoms in total. The maximum Gasteiger partial charge on any atom is 0.394 e. The van der Waals surface area contributed by atoms with Crippen molar-refractivity contribution >= 4 is 10.4 Å². The monoisotopic (exact) mass is 218 g/mol. The molecular weight excluding hydrogens is 212 g/mol. The van der Waals surface area contributed by atoms with Crippen LogP contribution in [0.1, 0.15) is 0 Å². The van der Waals surface area contributed by atoms with Gasteiger partial charge in [-0.05, 0) is 0 Å². The minimum Gasteiger partial charge on any atom is -0.351 e. The molecule has 76 valence electrons. The standard InChI is InChI=1S/C3H4N2.C2N2.H2O4S/c1-2-5-3-4-1;3-1-2-4;1-5(2,3)4/h1-3H,(H,4,5);;(H2,1,2,3,4). The SMILES string of the molecule is N#CC#N.O=S(=O)(O)O.c1c[nH]cn1. The van der Waals surface area contributed by atoms with Gasteiger partial charge in [0.25, 0.3) is 0 Å². The number of rotatable bonds is 0. The molecule has 0 radical (unpaired) electrons. The summed E-state index contributed by atoms with van der Waals surface area (Å²) in [7, 11) is -4.67. The van der Waals surface area contributed by atoms with E-state index in [4.69, 9.17) is 28.0 Å². The van der Waals surface area contributed by atoms with Crippen LogP contribution in [0, 0.1) is 22.7 Å². The van der Waals surface area contributed by atoms with Crippen LogP contribution >= 0.6 is 0 Å². The van der Waals surface area contributed by atoms with Crippen LogP contribution < -0.4 is 0 Å². The first-order valence-corrected chi connectivity index (χ1v) is 4.22. The van der Waals surface area contributed by atoms with Crippen molar-refractivity contribution in [3.05, 3.63) is 18.7 Å². The van der Waals surface area contributed by atoms with Crippen LogP contribution in [0.15, 0.2) is 18.7 Å². The Labute approximate surface area is 80.0 Å². The number of aromatic nitrogens is 2. The fourth-order valence-electron chi connectivity index (χ4n) is 0.215. The number of hydrogen-bond acceptors (Lipinski definition) is 5. The third kappa shape index (κ3) is 50.1. The van der Waals surface area contributed by atoms with E-state index in [0.717, 1.165) is 0 Å². The lowest BCUT2D eigenvalue weighted by molar-refractivity contribution is 0.381. The summed E-state index contributed by atoms with van der Waals surface area (Å²) >= 11 is 0. The molecule has 0 fully saturated rings. The van der Waals surface area contributed by atoms with E-state index in [0.29, 0.717) is 0 Å². The van der Waals surface area contributed by atoms with Gasteiger partial charge in [-0.2, -0.15) is 18.9 Å². The number of aromatic amines is 1. The van der Waals surface area contributed by atoms with Crippen molar-refractivity contribution in [2.24, 2.45) is 0 Å². The molecular formula is C5H6N4O4S. The van der Waals surface area contributed by atoms with Crippen LogP contribution in [0.2, 0.25) is 0 Å². The normalized spacial score (nSPS) is 7.71. The van der Waals surface area contributed by atoms with Gasteiger partial charge in [0.15, 0.2) is 12.1 Å². The van der Waals surface area contributed by atoms with Crippen molar-refractivity contribution < 1.29 is 17.5 Å². The van der Waals surface area contributed by atoms with Crippen molar-refractivity contribution in [2.45, 2.75) is 0 Å². The predicted octanol–water partition coefficient (Wildman–Crippen LogP) is -0.210. The average molecular weight is 218 g/mol. The molecule has 0 unspecified atom stereocenters. The largest absolute Gasteiger partial charge is 0.394 e. The second-order valence-electron chi connectivity index (χ2n) is 1.43. The molecule has 0 bridgehead atoms. The highest BCUT2D eigenvalue weighted by molar-refractivity contribution is 7.79. The molecule has 1 aromatic heterocycles. The molecule has 0 aliphatic rings. The summed E-state index contributed by atoms with van der Waals surface area (Å²) in [6.07, 6.45) is 5.08. The van der Waals surface area contributed by atoms with Gasteiger partial charge in [0.1, 0.15) is 0 Å². The lowest BCUT2D eigenvalue weighted by Crippen LogP contribution is -1.89. The van der Waals surface area contributed by atoms with Crippen molar-refractivity contribution in [1.82, 2.24) is 9.97 Å². The van der Waals surface area contributed by atoms with Crippen LogP contribution in [-0.2, 0) is 10.4 Å². The first-order valence-electron chi connectivity index (χ1n) is 2.82. The summed E-state index contributed by atoms with van der Waals surface area (Å²) in [4.78, 5) is 6.42. The zero-order valence-corrected chi connectivity index (χ0v) is 7.51. The van der Waals surface area contributed by atoms with Crippen LogP contribution in [0.25, 0.3) is 0 Å². The van der Waals surface area contributed by atoms with Gasteiger partial charge in [-0.3, -0.25) is 9.11 Å². The number of nitriles is 2. The van der Waals surface area contributed by atoms with Crippen molar-refractivity contribution in [2.75, 3.05) is 0 Å². The van der Waals surface area contributed by atoms with Gasteiger partial charge in [-0.15, -0.1) is 0 Å². The highest BCUT2D eigenvalue weighted by Gasteiger charge is 1.84. The number of imidazole rings is 1. The number of nitrogens with one attached hydrogen (secondary N) is 1. The molecule has 3 N–H and O–H groups in total. The Hall–Kier alpha value is -1.94. The molecule has 1 rings (SSSR count). The Morgan fingerprint density at radius 1 is 1.29 bits per heavy atom. The van der Waals surface area contributed by atoms with Crippen molar-refractivity contribution in [3.8, 4) is 12.1 Å². The molecule has 1 aromatic rings. The van der Waals surface area contributed by atoms with E-state index in [1.807, 2.05) is 0 Å². The Kier molecular flexibility index (Phi) is 9.53. The lowest BCUT2D eigenvalue weighted by atomic mass is 10.9. The molecule has 1 heterocycles. The van der Waals surface area contributed by atoms with E-state index in [1.54, 1.807) is 18.7 Å². The zero-order valence-electron chi connectivity index (χ0n) is 6.69. The average Bonchev–Trinajstić information content (AvgIpc) is 2.57. The van der Waals surface area contributed by atoms with Gasteiger partial charge in [0.2, 0.25) is 0 Å². The van der Waals surface area contributed by atoms with Gasteiger partial charge in [-0.25, -0.2) is 4.98 Å². The maximum atomic E-state index is 8.74. The second kappa shape index (κ2) is 9.15. The molecule has 0 aliphatic heterocycles. The van der Waals surface area contributed by atoms with Gasteiger partial charge in [0, 0.05) is 12.4 Å². The number of nitrogens with zero attached hydrogens (tertiary/aromatic N) is 3. The summed E-state index contributed by atoms with van der Waals surface area (Å²) in [6.45, 7) is 0. The van der Waals surface area contributed by atoms with Crippen LogP contribution in [-0.4, -0.2) is 27.5 Å². The molecule has 0 amide bonds. The Bertz CT molecular complexity index is 347. The lowest BCUT2D eigenvalue weighted by Gasteiger charge is -1.68. The van der Waals surface area contributed by atoms with Gasteiger partial charge >= 0.3 is 10.4 Å². The molecule has 14 heavy (non-hydrogen) atoms.